The highest BCUT2D eigenvalue weighted by molar-refractivity contribution is 7.12. The lowest BCUT2D eigenvalue weighted by Gasteiger charge is -2.03. The average molecular weight is 240 g/mol. The molecule has 0 aliphatic heterocycles. The van der Waals surface area contributed by atoms with Gasteiger partial charge in [-0.25, -0.2) is 4.98 Å². The third kappa shape index (κ3) is 4.43. The third-order valence-electron chi connectivity index (χ3n) is 2.20. The first-order valence-corrected chi connectivity index (χ1v) is 6.26. The molecule has 1 aromatic rings. The van der Waals surface area contributed by atoms with Crippen molar-refractivity contribution >= 4 is 17.4 Å². The van der Waals surface area contributed by atoms with Gasteiger partial charge in [-0.05, 0) is 26.8 Å². The van der Waals surface area contributed by atoms with E-state index in [9.17, 15) is 0 Å². The Morgan fingerprint density at radius 1 is 1.50 bits per heavy atom. The molecule has 1 N–H and O–H groups in total. The first-order chi connectivity index (χ1) is 7.63. The molecule has 0 amide bonds. The molecule has 0 unspecified atom stereocenters. The summed E-state index contributed by atoms with van der Waals surface area (Å²) in [5, 5.41) is 4.45. The van der Waals surface area contributed by atoms with Crippen molar-refractivity contribution in [3.8, 4) is 0 Å². The second kappa shape index (κ2) is 6.78. The lowest BCUT2D eigenvalue weighted by atomic mass is 10.2. The van der Waals surface area contributed by atoms with Gasteiger partial charge in [0.05, 0.1) is 22.2 Å². The molecule has 3 nitrogen and oxygen atoms in total. The van der Waals surface area contributed by atoms with Crippen LogP contribution in [0, 0.1) is 13.8 Å². The maximum atomic E-state index is 4.97. The Hall–Kier alpha value is -0.710. The number of hydrogen-bond donors (Lipinski definition) is 1. The van der Waals surface area contributed by atoms with Crippen LogP contribution in [0.2, 0.25) is 0 Å². The number of methoxy groups -OCH3 is 1. The van der Waals surface area contributed by atoms with Crippen molar-refractivity contribution < 1.29 is 4.74 Å². The highest BCUT2D eigenvalue weighted by Crippen LogP contribution is 2.19. The van der Waals surface area contributed by atoms with Crippen LogP contribution in [0.4, 0.5) is 0 Å². The van der Waals surface area contributed by atoms with Crippen LogP contribution in [-0.2, 0) is 4.74 Å². The van der Waals surface area contributed by atoms with E-state index in [1.54, 1.807) is 18.4 Å². The Morgan fingerprint density at radius 2 is 2.25 bits per heavy atom. The normalized spacial score (nSPS) is 12.1. The number of thiazole rings is 1. The minimum atomic E-state index is 0.756. The lowest BCUT2D eigenvalue weighted by molar-refractivity contribution is 0.200. The van der Waals surface area contributed by atoms with Crippen LogP contribution in [-0.4, -0.2) is 31.8 Å². The molecule has 0 atom stereocenters. The zero-order chi connectivity index (χ0) is 12.0. The maximum Gasteiger partial charge on any atom is 0.0903 e. The van der Waals surface area contributed by atoms with E-state index in [1.807, 2.05) is 6.92 Å². The largest absolute Gasteiger partial charge is 0.383 e. The summed E-state index contributed by atoms with van der Waals surface area (Å²) in [5.74, 6) is 0. The fourth-order valence-corrected chi connectivity index (χ4v) is 2.37. The molecule has 0 saturated heterocycles. The molecule has 0 saturated carbocycles. The number of hydrogen-bond acceptors (Lipinski definition) is 4. The number of ether oxygens (including phenoxy) is 1. The monoisotopic (exact) mass is 240 g/mol. The number of aromatic nitrogens is 1. The number of rotatable bonds is 6. The van der Waals surface area contributed by atoms with Crippen molar-refractivity contribution in [2.75, 3.05) is 26.8 Å². The van der Waals surface area contributed by atoms with Gasteiger partial charge in [0.1, 0.15) is 0 Å². The predicted molar refractivity (Wildman–Crippen MR) is 70.0 cm³/mol. The van der Waals surface area contributed by atoms with Gasteiger partial charge < -0.3 is 10.1 Å². The quantitative estimate of drug-likeness (QED) is 0.775. The minimum absolute atomic E-state index is 0.756. The molecule has 1 rings (SSSR count). The van der Waals surface area contributed by atoms with Gasteiger partial charge in [0.25, 0.3) is 0 Å². The molecule has 0 fully saturated rings. The van der Waals surface area contributed by atoms with Gasteiger partial charge in [-0.1, -0.05) is 5.57 Å². The maximum absolute atomic E-state index is 4.97. The van der Waals surface area contributed by atoms with E-state index < -0.39 is 0 Å². The van der Waals surface area contributed by atoms with Gasteiger partial charge >= 0.3 is 0 Å². The summed E-state index contributed by atoms with van der Waals surface area (Å²) in [6.45, 7) is 8.78. The van der Waals surface area contributed by atoms with Crippen LogP contribution in [0.3, 0.4) is 0 Å². The molecule has 1 aromatic heterocycles. The van der Waals surface area contributed by atoms with Gasteiger partial charge in [-0.15, -0.1) is 11.3 Å². The van der Waals surface area contributed by atoms with Gasteiger partial charge in [0.2, 0.25) is 0 Å². The smallest absolute Gasteiger partial charge is 0.0903 e. The first kappa shape index (κ1) is 13.4. The lowest BCUT2D eigenvalue weighted by Crippen LogP contribution is -2.20. The van der Waals surface area contributed by atoms with E-state index in [2.05, 4.69) is 30.2 Å². The second-order valence-electron chi connectivity index (χ2n) is 3.84. The molecule has 1 heterocycles. The Morgan fingerprint density at radius 3 is 2.81 bits per heavy atom. The van der Waals surface area contributed by atoms with E-state index in [0.29, 0.717) is 0 Å². The number of nitrogens with one attached hydrogen (secondary N) is 1. The highest BCUT2D eigenvalue weighted by atomic mass is 32.1. The SMILES string of the molecule is COCCNCC(C)=Cc1sc(C)nc1C. The summed E-state index contributed by atoms with van der Waals surface area (Å²) in [5.41, 5.74) is 2.45. The summed E-state index contributed by atoms with van der Waals surface area (Å²) in [6.07, 6.45) is 2.21. The predicted octanol–water partition coefficient (Wildman–Crippen LogP) is 2.40. The van der Waals surface area contributed by atoms with Crippen LogP contribution in [0.25, 0.3) is 6.08 Å². The zero-order valence-corrected chi connectivity index (χ0v) is 11.3. The van der Waals surface area contributed by atoms with Crippen molar-refractivity contribution in [1.29, 1.82) is 0 Å². The number of aryl methyl sites for hydroxylation is 2. The molecule has 0 spiro atoms. The van der Waals surface area contributed by atoms with Crippen molar-refractivity contribution in [3.05, 3.63) is 21.2 Å². The molecular weight excluding hydrogens is 220 g/mol. The fraction of sp³-hybridized carbons (Fsp3) is 0.583. The number of nitrogens with zero attached hydrogens (tertiary/aromatic N) is 1. The molecule has 4 heteroatoms. The van der Waals surface area contributed by atoms with Gasteiger partial charge in [-0.3, -0.25) is 0 Å². The molecular formula is C12H20N2OS. The zero-order valence-electron chi connectivity index (χ0n) is 10.5. The van der Waals surface area contributed by atoms with Crippen LogP contribution in [0.5, 0.6) is 0 Å². The molecule has 0 aliphatic rings. The molecule has 90 valence electrons. The molecule has 0 aromatic carbocycles. The van der Waals surface area contributed by atoms with Crippen molar-refractivity contribution in [3.63, 3.8) is 0 Å². The molecule has 0 radical (unpaired) electrons. The third-order valence-corrected chi connectivity index (χ3v) is 3.22. The Bertz CT molecular complexity index is 358. The van der Waals surface area contributed by atoms with E-state index in [4.69, 9.17) is 4.74 Å². The summed E-state index contributed by atoms with van der Waals surface area (Å²) in [7, 11) is 1.72. The highest BCUT2D eigenvalue weighted by Gasteiger charge is 2.01. The summed E-state index contributed by atoms with van der Waals surface area (Å²) >= 11 is 1.75. The Kier molecular flexibility index (Phi) is 5.66. The van der Waals surface area contributed by atoms with Crippen LogP contribution >= 0.6 is 11.3 Å². The Balaban J connectivity index is 2.46. The minimum Gasteiger partial charge on any atom is -0.383 e. The van der Waals surface area contributed by atoms with Crippen LogP contribution < -0.4 is 5.32 Å². The van der Waals surface area contributed by atoms with E-state index in [-0.39, 0.29) is 0 Å². The molecule has 0 bridgehead atoms. The average Bonchev–Trinajstić information content (AvgIpc) is 2.52. The summed E-state index contributed by atoms with van der Waals surface area (Å²) in [4.78, 5) is 5.67. The van der Waals surface area contributed by atoms with Crippen molar-refractivity contribution in [2.24, 2.45) is 0 Å². The van der Waals surface area contributed by atoms with Crippen molar-refractivity contribution in [2.45, 2.75) is 20.8 Å². The standard InChI is InChI=1S/C12H20N2OS/c1-9(8-13-5-6-15-4)7-12-10(2)14-11(3)16-12/h7,13H,5-6,8H2,1-4H3. The van der Waals surface area contributed by atoms with Crippen LogP contribution in [0.1, 0.15) is 22.5 Å². The topological polar surface area (TPSA) is 34.1 Å². The van der Waals surface area contributed by atoms with Crippen LogP contribution in [0.15, 0.2) is 5.57 Å². The van der Waals surface area contributed by atoms with Crippen molar-refractivity contribution in [1.82, 2.24) is 10.3 Å². The molecule has 16 heavy (non-hydrogen) atoms. The second-order valence-corrected chi connectivity index (χ2v) is 5.08. The van der Waals surface area contributed by atoms with E-state index >= 15 is 0 Å². The van der Waals surface area contributed by atoms with Gasteiger partial charge in [-0.2, -0.15) is 0 Å². The fourth-order valence-electron chi connectivity index (χ4n) is 1.42. The van der Waals surface area contributed by atoms with E-state index in [1.165, 1.54) is 10.5 Å². The molecule has 0 aliphatic carbocycles. The summed E-state index contributed by atoms with van der Waals surface area (Å²) in [6, 6.07) is 0. The summed E-state index contributed by atoms with van der Waals surface area (Å²) < 4.78 is 4.97. The Labute approximate surface area is 102 Å². The van der Waals surface area contributed by atoms with Gasteiger partial charge in [0, 0.05) is 20.2 Å². The van der Waals surface area contributed by atoms with E-state index in [0.717, 1.165) is 30.4 Å². The van der Waals surface area contributed by atoms with Gasteiger partial charge in [0.15, 0.2) is 0 Å². The first-order valence-electron chi connectivity index (χ1n) is 5.44.